The fraction of sp³-hybridized carbons (Fsp3) is 0.154. The van der Waals surface area contributed by atoms with Crippen LogP contribution in [0.15, 0.2) is 35.3 Å². The van der Waals surface area contributed by atoms with Gasteiger partial charge in [0, 0.05) is 11.4 Å². The van der Waals surface area contributed by atoms with Crippen LogP contribution in [0.3, 0.4) is 0 Å². The first-order valence-corrected chi connectivity index (χ1v) is 5.68. The van der Waals surface area contributed by atoms with Gasteiger partial charge in [-0.3, -0.25) is 4.79 Å². The lowest BCUT2D eigenvalue weighted by Crippen LogP contribution is -2.12. The molecule has 1 aromatic heterocycles. The summed E-state index contributed by atoms with van der Waals surface area (Å²) in [4.78, 5) is 27.8. The molecule has 0 bridgehead atoms. The summed E-state index contributed by atoms with van der Waals surface area (Å²) in [7, 11) is 0. The van der Waals surface area contributed by atoms with Gasteiger partial charge in [-0.05, 0) is 24.6 Å². The molecule has 0 spiro atoms. The van der Waals surface area contributed by atoms with Crippen molar-refractivity contribution >= 4 is 17.3 Å². The zero-order chi connectivity index (χ0) is 13.8. The number of H-pyrrole nitrogens is 1. The molecule has 1 aromatic carbocycles. The largest absolute Gasteiger partial charge is 0.481 e. The van der Waals surface area contributed by atoms with Crippen molar-refractivity contribution in [1.82, 2.24) is 9.97 Å². The number of carboxylic acid groups (broad SMARTS) is 1. The Morgan fingerprint density at radius 1 is 1.37 bits per heavy atom. The lowest BCUT2D eigenvalue weighted by atomic mass is 10.1. The van der Waals surface area contributed by atoms with Gasteiger partial charge in [-0.2, -0.15) is 4.98 Å². The minimum absolute atomic E-state index is 0.000476. The Bertz CT molecular complexity index is 647. The average Bonchev–Trinajstić information content (AvgIpc) is 2.34. The number of aryl methyl sites for hydroxylation is 1. The van der Waals surface area contributed by atoms with E-state index in [1.165, 1.54) is 6.20 Å². The zero-order valence-corrected chi connectivity index (χ0v) is 10.3. The Balaban J connectivity index is 2.15. The van der Waals surface area contributed by atoms with Crippen LogP contribution in [0.5, 0.6) is 0 Å². The maximum absolute atomic E-state index is 11.0. The van der Waals surface area contributed by atoms with Crippen molar-refractivity contribution < 1.29 is 9.90 Å². The summed E-state index contributed by atoms with van der Waals surface area (Å²) < 4.78 is 0. The second-order valence-electron chi connectivity index (χ2n) is 4.12. The van der Waals surface area contributed by atoms with E-state index in [-0.39, 0.29) is 12.1 Å². The third-order valence-corrected chi connectivity index (χ3v) is 2.60. The highest BCUT2D eigenvalue weighted by Gasteiger charge is 2.02. The number of anilines is 2. The SMILES string of the molecule is Cc1[nH]c(=O)ncc1Nc1ccc(CC(=O)O)cc1. The lowest BCUT2D eigenvalue weighted by molar-refractivity contribution is -0.136. The number of nitrogens with one attached hydrogen (secondary N) is 2. The zero-order valence-electron chi connectivity index (χ0n) is 10.3. The molecular formula is C13H13N3O3. The molecule has 6 nitrogen and oxygen atoms in total. The lowest BCUT2D eigenvalue weighted by Gasteiger charge is -2.08. The van der Waals surface area contributed by atoms with Crippen molar-refractivity contribution in [2.75, 3.05) is 5.32 Å². The average molecular weight is 259 g/mol. The minimum Gasteiger partial charge on any atom is -0.481 e. The van der Waals surface area contributed by atoms with Gasteiger partial charge in [-0.15, -0.1) is 0 Å². The molecule has 6 heteroatoms. The minimum atomic E-state index is -0.860. The van der Waals surface area contributed by atoms with Gasteiger partial charge < -0.3 is 15.4 Å². The molecule has 98 valence electrons. The van der Waals surface area contributed by atoms with Crippen LogP contribution in [0, 0.1) is 6.92 Å². The van der Waals surface area contributed by atoms with Crippen molar-refractivity contribution in [3.05, 3.63) is 52.2 Å². The summed E-state index contributed by atoms with van der Waals surface area (Å²) in [5.74, 6) is -0.860. The van der Waals surface area contributed by atoms with E-state index in [0.717, 1.165) is 11.3 Å². The van der Waals surface area contributed by atoms with Gasteiger partial charge in [0.1, 0.15) is 0 Å². The monoisotopic (exact) mass is 259 g/mol. The molecule has 0 amide bonds. The van der Waals surface area contributed by atoms with E-state index in [1.807, 2.05) is 0 Å². The van der Waals surface area contributed by atoms with Crippen molar-refractivity contribution in [3.63, 3.8) is 0 Å². The number of carboxylic acids is 1. The second kappa shape index (κ2) is 5.34. The number of nitrogens with zero attached hydrogens (tertiary/aromatic N) is 1. The van der Waals surface area contributed by atoms with E-state index in [4.69, 9.17) is 5.11 Å². The smallest absolute Gasteiger partial charge is 0.345 e. The van der Waals surface area contributed by atoms with Crippen LogP contribution in [0.2, 0.25) is 0 Å². The van der Waals surface area contributed by atoms with Crippen LogP contribution in [0.25, 0.3) is 0 Å². The first-order chi connectivity index (χ1) is 9.04. The molecule has 0 radical (unpaired) electrons. The highest BCUT2D eigenvalue weighted by molar-refractivity contribution is 5.70. The van der Waals surface area contributed by atoms with Gasteiger partial charge in [0.2, 0.25) is 0 Å². The molecule has 0 atom stereocenters. The highest BCUT2D eigenvalue weighted by atomic mass is 16.4. The molecule has 3 N–H and O–H groups in total. The molecule has 2 rings (SSSR count). The molecule has 1 heterocycles. The molecule has 0 fully saturated rings. The summed E-state index contributed by atoms with van der Waals surface area (Å²) >= 11 is 0. The molecule has 19 heavy (non-hydrogen) atoms. The molecule has 0 aliphatic rings. The summed E-state index contributed by atoms with van der Waals surface area (Å²) in [6.45, 7) is 1.77. The number of aromatic amines is 1. The number of hydrogen-bond acceptors (Lipinski definition) is 4. The van der Waals surface area contributed by atoms with Crippen molar-refractivity contribution in [1.29, 1.82) is 0 Å². The number of rotatable bonds is 4. The predicted molar refractivity (Wildman–Crippen MR) is 70.7 cm³/mol. The van der Waals surface area contributed by atoms with E-state index in [0.29, 0.717) is 11.4 Å². The summed E-state index contributed by atoms with van der Waals surface area (Å²) in [6, 6.07) is 7.04. The normalized spacial score (nSPS) is 10.2. The molecule has 0 saturated carbocycles. The second-order valence-corrected chi connectivity index (χ2v) is 4.12. The van der Waals surface area contributed by atoms with E-state index in [9.17, 15) is 9.59 Å². The van der Waals surface area contributed by atoms with Gasteiger partial charge >= 0.3 is 11.7 Å². The Labute approximate surface area is 109 Å². The molecule has 0 aliphatic heterocycles. The van der Waals surface area contributed by atoms with Crippen molar-refractivity contribution in [3.8, 4) is 0 Å². The van der Waals surface area contributed by atoms with Gasteiger partial charge in [0.15, 0.2) is 0 Å². The predicted octanol–water partition coefficient (Wildman–Crippen LogP) is 1.45. The molecule has 2 aromatic rings. The number of aliphatic carboxylic acids is 1. The first-order valence-electron chi connectivity index (χ1n) is 5.68. The maximum Gasteiger partial charge on any atom is 0.345 e. The number of hydrogen-bond donors (Lipinski definition) is 3. The van der Waals surface area contributed by atoms with Gasteiger partial charge in [0.05, 0.1) is 18.3 Å². The van der Waals surface area contributed by atoms with Crippen molar-refractivity contribution in [2.24, 2.45) is 0 Å². The Hall–Kier alpha value is -2.63. The van der Waals surface area contributed by atoms with Crippen LogP contribution in [0.1, 0.15) is 11.3 Å². The van der Waals surface area contributed by atoms with Gasteiger partial charge in [-0.1, -0.05) is 12.1 Å². The van der Waals surface area contributed by atoms with Crippen LogP contribution in [-0.2, 0) is 11.2 Å². The Kier molecular flexibility index (Phi) is 3.61. The maximum atomic E-state index is 11.0. The first kappa shape index (κ1) is 12.8. The fourth-order valence-corrected chi connectivity index (χ4v) is 1.64. The van der Waals surface area contributed by atoms with Crippen LogP contribution >= 0.6 is 0 Å². The van der Waals surface area contributed by atoms with Gasteiger partial charge in [-0.25, -0.2) is 4.79 Å². The van der Waals surface area contributed by atoms with Crippen molar-refractivity contribution in [2.45, 2.75) is 13.3 Å². The fourth-order valence-electron chi connectivity index (χ4n) is 1.64. The molecule has 0 unspecified atom stereocenters. The van der Waals surface area contributed by atoms with Crippen LogP contribution in [-0.4, -0.2) is 21.0 Å². The summed E-state index contributed by atoms with van der Waals surface area (Å²) in [5, 5.41) is 11.8. The standard InChI is InChI=1S/C13H13N3O3/c1-8-11(7-14-13(19)15-8)16-10-4-2-9(3-5-10)6-12(17)18/h2-5,7,16H,6H2,1H3,(H,17,18)(H,14,15,19). The topological polar surface area (TPSA) is 95.1 Å². The molecular weight excluding hydrogens is 246 g/mol. The van der Waals surface area contributed by atoms with E-state index in [2.05, 4.69) is 15.3 Å². The summed E-state index contributed by atoms with van der Waals surface area (Å²) in [6.07, 6.45) is 1.46. The van der Waals surface area contributed by atoms with E-state index in [1.54, 1.807) is 31.2 Å². The number of carbonyl (C=O) groups is 1. The summed E-state index contributed by atoms with van der Waals surface area (Å²) in [5.41, 5.74) is 2.53. The number of aromatic nitrogens is 2. The highest BCUT2D eigenvalue weighted by Crippen LogP contribution is 2.17. The molecule has 0 aliphatic carbocycles. The van der Waals surface area contributed by atoms with Gasteiger partial charge in [0.25, 0.3) is 0 Å². The third-order valence-electron chi connectivity index (χ3n) is 2.60. The number of benzene rings is 1. The molecule has 0 saturated heterocycles. The third kappa shape index (κ3) is 3.41. The van der Waals surface area contributed by atoms with Crippen LogP contribution < -0.4 is 11.0 Å². The Morgan fingerprint density at radius 2 is 2.05 bits per heavy atom. The van der Waals surface area contributed by atoms with E-state index >= 15 is 0 Å². The quantitative estimate of drug-likeness (QED) is 0.772. The Morgan fingerprint density at radius 3 is 2.63 bits per heavy atom. The van der Waals surface area contributed by atoms with E-state index < -0.39 is 5.97 Å². The van der Waals surface area contributed by atoms with Crippen LogP contribution in [0.4, 0.5) is 11.4 Å².